The Morgan fingerprint density at radius 3 is 2.57 bits per heavy atom. The van der Waals surface area contributed by atoms with Crippen LogP contribution >= 0.6 is 0 Å². The van der Waals surface area contributed by atoms with Crippen molar-refractivity contribution in [2.75, 3.05) is 0 Å². The number of allylic oxidation sites excluding steroid dienone is 1. The van der Waals surface area contributed by atoms with Crippen LogP contribution in [-0.4, -0.2) is 22.2 Å². The number of carbonyl (C=O) groups is 2. The highest BCUT2D eigenvalue weighted by Crippen LogP contribution is 2.22. The van der Waals surface area contributed by atoms with Gasteiger partial charge in [0.15, 0.2) is 0 Å². The van der Waals surface area contributed by atoms with E-state index < -0.39 is 11.9 Å². The quantitative estimate of drug-likeness (QED) is 0.707. The maximum absolute atomic E-state index is 10.7. The van der Waals surface area contributed by atoms with E-state index in [1.807, 2.05) is 0 Å². The highest BCUT2D eigenvalue weighted by Gasteiger charge is 2.19. The molecule has 0 heterocycles. The summed E-state index contributed by atoms with van der Waals surface area (Å²) in [5.41, 5.74) is 0.425. The first-order valence-corrected chi connectivity index (χ1v) is 4.76. The van der Waals surface area contributed by atoms with Gasteiger partial charge in [-0.2, -0.15) is 0 Å². The predicted molar refractivity (Wildman–Crippen MR) is 49.9 cm³/mol. The van der Waals surface area contributed by atoms with E-state index in [-0.39, 0.29) is 5.92 Å². The lowest BCUT2D eigenvalue weighted by molar-refractivity contribution is -0.142. The van der Waals surface area contributed by atoms with Crippen molar-refractivity contribution in [2.45, 2.75) is 32.1 Å². The van der Waals surface area contributed by atoms with Crippen molar-refractivity contribution in [3.05, 3.63) is 11.6 Å². The molecule has 2 N–H and O–H groups in total. The zero-order valence-electron chi connectivity index (χ0n) is 7.90. The van der Waals surface area contributed by atoms with E-state index >= 15 is 0 Å². The van der Waals surface area contributed by atoms with Crippen molar-refractivity contribution in [2.24, 2.45) is 5.92 Å². The second-order valence-corrected chi connectivity index (χ2v) is 3.54. The summed E-state index contributed by atoms with van der Waals surface area (Å²) in [5, 5.41) is 17.5. The summed E-state index contributed by atoms with van der Waals surface area (Å²) in [6.07, 6.45) is 4.47. The predicted octanol–water partition coefficient (Wildman–Crippen LogP) is 1.66. The fourth-order valence-corrected chi connectivity index (χ4v) is 1.69. The van der Waals surface area contributed by atoms with E-state index in [9.17, 15) is 9.59 Å². The lowest BCUT2D eigenvalue weighted by Crippen LogP contribution is -2.15. The number of carboxylic acid groups (broad SMARTS) is 2. The average molecular weight is 198 g/mol. The molecule has 0 aromatic heterocycles. The molecule has 0 radical (unpaired) electrons. The van der Waals surface area contributed by atoms with Crippen LogP contribution in [0.3, 0.4) is 0 Å². The third-order valence-electron chi connectivity index (χ3n) is 2.53. The summed E-state index contributed by atoms with van der Waals surface area (Å²) in [7, 11) is 0. The number of rotatable bonds is 2. The standard InChI is InChI=1S/C10H14O4/c11-9(12)7-3-1-4-8(10(13)14)6-2-5-7/h3,8H,1-2,4-6H2,(H,11,12)(H,13,14)/b7-3+. The summed E-state index contributed by atoms with van der Waals surface area (Å²) in [6, 6.07) is 0. The molecular weight excluding hydrogens is 184 g/mol. The monoisotopic (exact) mass is 198 g/mol. The van der Waals surface area contributed by atoms with Crippen LogP contribution in [0.5, 0.6) is 0 Å². The van der Waals surface area contributed by atoms with E-state index in [4.69, 9.17) is 10.2 Å². The number of hydrogen-bond donors (Lipinski definition) is 2. The highest BCUT2D eigenvalue weighted by atomic mass is 16.4. The van der Waals surface area contributed by atoms with Gasteiger partial charge in [0.05, 0.1) is 5.92 Å². The molecule has 1 unspecified atom stereocenters. The lowest BCUT2D eigenvalue weighted by atomic mass is 9.91. The minimum absolute atomic E-state index is 0.304. The normalized spacial score (nSPS) is 26.9. The Morgan fingerprint density at radius 2 is 2.00 bits per heavy atom. The van der Waals surface area contributed by atoms with Crippen molar-refractivity contribution in [1.29, 1.82) is 0 Å². The molecule has 1 rings (SSSR count). The highest BCUT2D eigenvalue weighted by molar-refractivity contribution is 5.86. The van der Waals surface area contributed by atoms with E-state index in [2.05, 4.69) is 0 Å². The first kappa shape index (κ1) is 10.8. The SMILES string of the molecule is O=C(O)/C1=C/CCC(C(=O)O)CCC1. The van der Waals surface area contributed by atoms with Gasteiger partial charge >= 0.3 is 11.9 Å². The first-order chi connectivity index (χ1) is 6.61. The molecule has 1 aliphatic carbocycles. The second kappa shape index (κ2) is 4.79. The average Bonchev–Trinajstić information content (AvgIpc) is 2.01. The van der Waals surface area contributed by atoms with Gasteiger partial charge in [-0.05, 0) is 32.1 Å². The van der Waals surface area contributed by atoms with Crippen LogP contribution in [0.4, 0.5) is 0 Å². The molecule has 0 bridgehead atoms. The Kier molecular flexibility index (Phi) is 3.68. The molecular formula is C10H14O4. The zero-order valence-corrected chi connectivity index (χ0v) is 7.90. The lowest BCUT2D eigenvalue weighted by Gasteiger charge is -2.14. The van der Waals surface area contributed by atoms with Crippen LogP contribution in [-0.2, 0) is 9.59 Å². The Labute approximate surface area is 82.2 Å². The number of aliphatic carboxylic acids is 2. The topological polar surface area (TPSA) is 74.6 Å². The van der Waals surface area contributed by atoms with Crippen molar-refractivity contribution in [3.8, 4) is 0 Å². The molecule has 0 amide bonds. The van der Waals surface area contributed by atoms with Gasteiger partial charge in [-0.25, -0.2) is 4.79 Å². The van der Waals surface area contributed by atoms with Gasteiger partial charge in [0, 0.05) is 5.57 Å². The number of hydrogen-bond acceptors (Lipinski definition) is 2. The van der Waals surface area contributed by atoms with Crippen molar-refractivity contribution < 1.29 is 19.8 Å². The summed E-state index contributed by atoms with van der Waals surface area (Å²) in [5.74, 6) is -1.95. The fourth-order valence-electron chi connectivity index (χ4n) is 1.69. The molecule has 78 valence electrons. The van der Waals surface area contributed by atoms with Crippen LogP contribution in [0.1, 0.15) is 32.1 Å². The van der Waals surface area contributed by atoms with Crippen molar-refractivity contribution in [1.82, 2.24) is 0 Å². The van der Waals surface area contributed by atoms with Gasteiger partial charge in [-0.15, -0.1) is 0 Å². The summed E-state index contributed by atoms with van der Waals surface area (Å²) < 4.78 is 0. The van der Waals surface area contributed by atoms with Crippen LogP contribution in [0, 0.1) is 5.92 Å². The Balaban J connectivity index is 2.58. The van der Waals surface area contributed by atoms with Crippen molar-refractivity contribution in [3.63, 3.8) is 0 Å². The second-order valence-electron chi connectivity index (χ2n) is 3.54. The van der Waals surface area contributed by atoms with Crippen LogP contribution in [0.25, 0.3) is 0 Å². The smallest absolute Gasteiger partial charge is 0.331 e. The fraction of sp³-hybridized carbons (Fsp3) is 0.600. The molecule has 0 aromatic carbocycles. The van der Waals surface area contributed by atoms with Gasteiger partial charge in [0.1, 0.15) is 0 Å². The maximum Gasteiger partial charge on any atom is 0.331 e. The summed E-state index contributed by atoms with van der Waals surface area (Å²) in [4.78, 5) is 21.3. The number of carboxylic acids is 2. The molecule has 0 aromatic rings. The zero-order chi connectivity index (χ0) is 10.6. The molecule has 0 saturated heterocycles. The van der Waals surface area contributed by atoms with E-state index in [0.717, 1.165) is 0 Å². The third kappa shape index (κ3) is 2.87. The van der Waals surface area contributed by atoms with Crippen LogP contribution < -0.4 is 0 Å². The molecule has 0 saturated carbocycles. The maximum atomic E-state index is 10.7. The first-order valence-electron chi connectivity index (χ1n) is 4.76. The van der Waals surface area contributed by atoms with E-state index in [1.165, 1.54) is 0 Å². The van der Waals surface area contributed by atoms with Gasteiger partial charge in [-0.1, -0.05) is 6.08 Å². The minimum Gasteiger partial charge on any atom is -0.481 e. The third-order valence-corrected chi connectivity index (χ3v) is 2.53. The van der Waals surface area contributed by atoms with Gasteiger partial charge in [-0.3, -0.25) is 4.79 Å². The van der Waals surface area contributed by atoms with Crippen LogP contribution in [0.15, 0.2) is 11.6 Å². The largest absolute Gasteiger partial charge is 0.481 e. The Morgan fingerprint density at radius 1 is 1.29 bits per heavy atom. The molecule has 0 aliphatic heterocycles. The van der Waals surface area contributed by atoms with Gasteiger partial charge in [0.2, 0.25) is 0 Å². The Bertz CT molecular complexity index is 267. The van der Waals surface area contributed by atoms with Gasteiger partial charge in [0.25, 0.3) is 0 Å². The minimum atomic E-state index is -0.876. The van der Waals surface area contributed by atoms with Crippen molar-refractivity contribution >= 4 is 11.9 Å². The van der Waals surface area contributed by atoms with Crippen LogP contribution in [0.2, 0.25) is 0 Å². The molecule has 4 heteroatoms. The molecule has 4 nitrogen and oxygen atoms in total. The molecule has 0 spiro atoms. The summed E-state index contributed by atoms with van der Waals surface area (Å²) in [6.45, 7) is 0. The Hall–Kier alpha value is -1.32. The molecule has 1 atom stereocenters. The molecule has 14 heavy (non-hydrogen) atoms. The molecule has 0 fully saturated rings. The van der Waals surface area contributed by atoms with E-state index in [0.29, 0.717) is 37.7 Å². The summed E-state index contributed by atoms with van der Waals surface area (Å²) >= 11 is 0. The van der Waals surface area contributed by atoms with E-state index in [1.54, 1.807) is 6.08 Å². The van der Waals surface area contributed by atoms with Gasteiger partial charge < -0.3 is 10.2 Å². The molecule has 1 aliphatic rings.